The topological polar surface area (TPSA) is 64.6 Å². The van der Waals surface area contributed by atoms with E-state index in [1.165, 1.54) is 19.2 Å². The fraction of sp³-hybridized carbons (Fsp3) is 0.385. The Morgan fingerprint density at radius 1 is 1.25 bits per heavy atom. The number of carbonyl (C=O) groups is 2. The Balaban J connectivity index is 2.62. The monoisotopic (exact) mass is 319 g/mol. The van der Waals surface area contributed by atoms with Crippen molar-refractivity contribution in [1.29, 1.82) is 0 Å². The Bertz CT molecular complexity index is 482. The average Bonchev–Trinajstić information content (AvgIpc) is 2.38. The number of methoxy groups -OCH3 is 1. The summed E-state index contributed by atoms with van der Waals surface area (Å²) < 4.78 is 9.74. The van der Waals surface area contributed by atoms with Crippen LogP contribution in [-0.4, -0.2) is 32.1 Å². The summed E-state index contributed by atoms with van der Waals surface area (Å²) in [6.07, 6.45) is 0.108. The number of amides is 1. The highest BCUT2D eigenvalue weighted by molar-refractivity contribution is 6.37. The smallest absolute Gasteiger partial charge is 0.307 e. The van der Waals surface area contributed by atoms with Gasteiger partial charge in [0.15, 0.2) is 5.75 Å². The molecule has 0 atom stereocenters. The van der Waals surface area contributed by atoms with Crippen molar-refractivity contribution in [3.8, 4) is 5.75 Å². The molecular weight excluding hydrogens is 305 g/mol. The fourth-order valence-corrected chi connectivity index (χ4v) is 2.14. The minimum absolute atomic E-state index is 0.108. The maximum Gasteiger partial charge on any atom is 0.307 e. The zero-order chi connectivity index (χ0) is 15.1. The maximum absolute atomic E-state index is 11.9. The molecule has 0 saturated heterocycles. The van der Waals surface area contributed by atoms with Crippen LogP contribution >= 0.6 is 23.2 Å². The lowest BCUT2D eigenvalue weighted by molar-refractivity contribution is -0.142. The summed E-state index contributed by atoms with van der Waals surface area (Å²) in [5.41, 5.74) is 0.296. The summed E-state index contributed by atoms with van der Waals surface area (Å²) in [5.74, 6) is -0.421. The molecule has 1 amide bonds. The number of benzene rings is 1. The van der Waals surface area contributed by atoms with E-state index in [0.717, 1.165) is 0 Å². The number of nitrogens with one attached hydrogen (secondary N) is 1. The first-order chi connectivity index (χ1) is 9.49. The molecule has 1 rings (SSSR count). The van der Waals surface area contributed by atoms with Gasteiger partial charge in [0.2, 0.25) is 0 Å². The van der Waals surface area contributed by atoms with Crippen LogP contribution < -0.4 is 10.1 Å². The van der Waals surface area contributed by atoms with E-state index >= 15 is 0 Å². The van der Waals surface area contributed by atoms with E-state index in [2.05, 4.69) is 5.32 Å². The number of rotatable bonds is 6. The van der Waals surface area contributed by atoms with Crippen molar-refractivity contribution in [2.75, 3.05) is 20.3 Å². The third-order valence-electron chi connectivity index (χ3n) is 2.38. The van der Waals surface area contributed by atoms with E-state index in [0.29, 0.717) is 17.9 Å². The lowest BCUT2D eigenvalue weighted by Gasteiger charge is -2.09. The van der Waals surface area contributed by atoms with Gasteiger partial charge in [0.1, 0.15) is 0 Å². The first kappa shape index (κ1) is 16.6. The van der Waals surface area contributed by atoms with Crippen LogP contribution in [0.25, 0.3) is 0 Å². The van der Waals surface area contributed by atoms with Gasteiger partial charge in [0, 0.05) is 12.1 Å². The first-order valence-corrected chi connectivity index (χ1v) is 6.72. The molecule has 7 heteroatoms. The normalized spacial score (nSPS) is 10.0. The zero-order valence-corrected chi connectivity index (χ0v) is 12.7. The number of hydrogen-bond donors (Lipinski definition) is 1. The fourth-order valence-electron chi connectivity index (χ4n) is 1.50. The Morgan fingerprint density at radius 2 is 1.85 bits per heavy atom. The summed E-state index contributed by atoms with van der Waals surface area (Å²) in [5, 5.41) is 3.07. The summed E-state index contributed by atoms with van der Waals surface area (Å²) in [4.78, 5) is 23.0. The van der Waals surface area contributed by atoms with Gasteiger partial charge in [-0.1, -0.05) is 23.2 Å². The molecule has 0 heterocycles. The number of halogens is 2. The van der Waals surface area contributed by atoms with E-state index < -0.39 is 0 Å². The quantitative estimate of drug-likeness (QED) is 0.819. The van der Waals surface area contributed by atoms with Gasteiger partial charge in [-0.05, 0) is 19.1 Å². The molecule has 0 aliphatic rings. The third-order valence-corrected chi connectivity index (χ3v) is 2.95. The first-order valence-electron chi connectivity index (χ1n) is 5.96. The van der Waals surface area contributed by atoms with Crippen molar-refractivity contribution in [3.63, 3.8) is 0 Å². The Hall–Kier alpha value is -1.46. The molecule has 0 spiro atoms. The van der Waals surface area contributed by atoms with E-state index in [1.807, 2.05) is 0 Å². The van der Waals surface area contributed by atoms with Gasteiger partial charge < -0.3 is 14.8 Å². The summed E-state index contributed by atoms with van der Waals surface area (Å²) in [6, 6.07) is 2.90. The van der Waals surface area contributed by atoms with Crippen LogP contribution in [-0.2, 0) is 9.53 Å². The minimum Gasteiger partial charge on any atom is -0.494 e. The Labute approximate surface area is 127 Å². The maximum atomic E-state index is 11.9. The molecular formula is C13H15Cl2NO4. The molecule has 110 valence electrons. The van der Waals surface area contributed by atoms with Crippen LogP contribution in [0, 0.1) is 0 Å². The molecule has 0 bridgehead atoms. The van der Waals surface area contributed by atoms with Gasteiger partial charge in [0.25, 0.3) is 5.91 Å². The highest BCUT2D eigenvalue weighted by Gasteiger charge is 2.13. The second kappa shape index (κ2) is 7.97. The van der Waals surface area contributed by atoms with E-state index in [-0.39, 0.29) is 34.9 Å². The summed E-state index contributed by atoms with van der Waals surface area (Å²) in [7, 11) is 1.44. The van der Waals surface area contributed by atoms with Crippen molar-refractivity contribution in [1.82, 2.24) is 5.32 Å². The highest BCUT2D eigenvalue weighted by atomic mass is 35.5. The molecule has 0 aliphatic carbocycles. The Morgan fingerprint density at radius 3 is 2.35 bits per heavy atom. The molecule has 0 aliphatic heterocycles. The second-order valence-corrected chi connectivity index (χ2v) is 4.60. The predicted molar refractivity (Wildman–Crippen MR) is 76.6 cm³/mol. The van der Waals surface area contributed by atoms with Crippen LogP contribution in [0.15, 0.2) is 12.1 Å². The standard InChI is InChI=1S/C13H15Cl2NO4/c1-3-20-11(17)4-5-16-13(18)8-6-9(14)12(19-2)10(15)7-8/h6-7H,3-5H2,1-2H3,(H,16,18). The SMILES string of the molecule is CCOC(=O)CCNC(=O)c1cc(Cl)c(OC)c(Cl)c1. The third kappa shape index (κ3) is 4.58. The molecule has 1 aromatic rings. The zero-order valence-electron chi connectivity index (χ0n) is 11.2. The van der Waals surface area contributed by atoms with Gasteiger partial charge in [-0.15, -0.1) is 0 Å². The van der Waals surface area contributed by atoms with Gasteiger partial charge in [0.05, 0.1) is 30.2 Å². The molecule has 1 N–H and O–H groups in total. The molecule has 0 unspecified atom stereocenters. The van der Waals surface area contributed by atoms with Gasteiger partial charge in [-0.25, -0.2) is 0 Å². The second-order valence-electron chi connectivity index (χ2n) is 3.78. The molecule has 5 nitrogen and oxygen atoms in total. The summed E-state index contributed by atoms with van der Waals surface area (Å²) in [6.45, 7) is 2.22. The molecule has 0 saturated carbocycles. The summed E-state index contributed by atoms with van der Waals surface area (Å²) >= 11 is 11.9. The molecule has 0 radical (unpaired) electrons. The molecule has 1 aromatic carbocycles. The van der Waals surface area contributed by atoms with Gasteiger partial charge in [-0.2, -0.15) is 0 Å². The van der Waals surface area contributed by atoms with Crippen molar-refractivity contribution in [2.24, 2.45) is 0 Å². The molecule has 0 fully saturated rings. The van der Waals surface area contributed by atoms with Crippen LogP contribution in [0.5, 0.6) is 5.75 Å². The molecule has 20 heavy (non-hydrogen) atoms. The average molecular weight is 320 g/mol. The van der Waals surface area contributed by atoms with Crippen LogP contribution in [0.4, 0.5) is 0 Å². The Kier molecular flexibility index (Phi) is 6.61. The number of ether oxygens (including phenoxy) is 2. The van der Waals surface area contributed by atoms with Crippen molar-refractivity contribution >= 4 is 35.1 Å². The lowest BCUT2D eigenvalue weighted by atomic mass is 10.2. The van der Waals surface area contributed by atoms with Gasteiger partial charge in [-0.3, -0.25) is 9.59 Å². The van der Waals surface area contributed by atoms with Crippen LogP contribution in [0.1, 0.15) is 23.7 Å². The van der Waals surface area contributed by atoms with Crippen LogP contribution in [0.2, 0.25) is 10.0 Å². The number of carbonyl (C=O) groups excluding carboxylic acids is 2. The number of esters is 1. The molecule has 0 aromatic heterocycles. The van der Waals surface area contributed by atoms with E-state index in [9.17, 15) is 9.59 Å². The predicted octanol–water partition coefficient (Wildman–Crippen LogP) is 2.69. The lowest BCUT2D eigenvalue weighted by Crippen LogP contribution is -2.26. The largest absolute Gasteiger partial charge is 0.494 e. The van der Waals surface area contributed by atoms with Crippen molar-refractivity contribution in [2.45, 2.75) is 13.3 Å². The van der Waals surface area contributed by atoms with E-state index in [4.69, 9.17) is 32.7 Å². The van der Waals surface area contributed by atoms with Crippen molar-refractivity contribution in [3.05, 3.63) is 27.7 Å². The minimum atomic E-state index is -0.374. The van der Waals surface area contributed by atoms with E-state index in [1.54, 1.807) is 6.92 Å². The van der Waals surface area contributed by atoms with Crippen molar-refractivity contribution < 1.29 is 19.1 Å². The van der Waals surface area contributed by atoms with Gasteiger partial charge >= 0.3 is 5.97 Å². The highest BCUT2D eigenvalue weighted by Crippen LogP contribution is 2.33. The van der Waals surface area contributed by atoms with Crippen LogP contribution in [0.3, 0.4) is 0 Å². The number of hydrogen-bond acceptors (Lipinski definition) is 4.